The topological polar surface area (TPSA) is 58.4 Å². The highest BCUT2D eigenvalue weighted by Crippen LogP contribution is 2.28. The smallest absolute Gasteiger partial charge is 0.238 e. The fourth-order valence-electron chi connectivity index (χ4n) is 2.73. The maximum Gasteiger partial charge on any atom is 0.238 e. The average Bonchev–Trinajstić information content (AvgIpc) is 2.27. The number of fused-ring (bicyclic) bond motifs is 1. The maximum absolute atomic E-state index is 11.4. The second kappa shape index (κ2) is 4.28. The van der Waals surface area contributed by atoms with E-state index in [1.54, 1.807) is 0 Å². The van der Waals surface area contributed by atoms with Crippen molar-refractivity contribution in [3.63, 3.8) is 0 Å². The molecule has 0 aromatic carbocycles. The van der Waals surface area contributed by atoms with Gasteiger partial charge in [0.1, 0.15) is 0 Å². The minimum atomic E-state index is 0.00836. The molecule has 4 nitrogen and oxygen atoms in total. The number of carbonyl (C=O) groups excluding carboxylic acids is 1. The van der Waals surface area contributed by atoms with E-state index >= 15 is 0 Å². The SMILES string of the molecule is NNC(=O)[C@H]1CC[C@H]2CCCCN2C1. The lowest BCUT2D eigenvalue weighted by molar-refractivity contribution is -0.127. The van der Waals surface area contributed by atoms with Crippen LogP contribution in [0.15, 0.2) is 0 Å². The van der Waals surface area contributed by atoms with Crippen LogP contribution in [0.3, 0.4) is 0 Å². The molecule has 80 valence electrons. The first-order valence-electron chi connectivity index (χ1n) is 5.56. The summed E-state index contributed by atoms with van der Waals surface area (Å²) in [6, 6.07) is 0.741. The van der Waals surface area contributed by atoms with Crippen molar-refractivity contribution >= 4 is 5.91 Å². The van der Waals surface area contributed by atoms with Gasteiger partial charge >= 0.3 is 0 Å². The standard InChI is InChI=1S/C10H19N3O/c11-12-10(14)8-4-5-9-3-1-2-6-13(9)7-8/h8-9H,1-7,11H2,(H,12,14)/t8-,9+/m0/s1. The average molecular weight is 197 g/mol. The Hall–Kier alpha value is -0.610. The number of nitrogens with one attached hydrogen (secondary N) is 1. The Bertz CT molecular complexity index is 219. The summed E-state index contributed by atoms with van der Waals surface area (Å²) in [6.07, 6.45) is 6.13. The van der Waals surface area contributed by atoms with E-state index < -0.39 is 0 Å². The molecule has 0 aromatic heterocycles. The van der Waals surface area contributed by atoms with Gasteiger partial charge in [-0.15, -0.1) is 0 Å². The van der Waals surface area contributed by atoms with Crippen LogP contribution < -0.4 is 11.3 Å². The molecular weight excluding hydrogens is 178 g/mol. The molecule has 1 amide bonds. The third-order valence-electron chi connectivity index (χ3n) is 3.57. The lowest BCUT2D eigenvalue weighted by Gasteiger charge is -2.41. The van der Waals surface area contributed by atoms with Crippen molar-refractivity contribution in [3.8, 4) is 0 Å². The summed E-state index contributed by atoms with van der Waals surface area (Å²) in [4.78, 5) is 13.8. The Kier molecular flexibility index (Phi) is 3.03. The Balaban J connectivity index is 1.92. The fourth-order valence-corrected chi connectivity index (χ4v) is 2.73. The van der Waals surface area contributed by atoms with Gasteiger partial charge in [-0.2, -0.15) is 0 Å². The predicted molar refractivity (Wildman–Crippen MR) is 54.3 cm³/mol. The molecule has 2 rings (SSSR count). The molecule has 2 aliphatic heterocycles. The van der Waals surface area contributed by atoms with Crippen molar-refractivity contribution in [2.75, 3.05) is 13.1 Å². The van der Waals surface area contributed by atoms with Gasteiger partial charge in [0, 0.05) is 12.6 Å². The molecule has 0 bridgehead atoms. The largest absolute Gasteiger partial charge is 0.300 e. The third-order valence-corrected chi connectivity index (χ3v) is 3.57. The number of piperidine rings is 2. The van der Waals surface area contributed by atoms with Crippen molar-refractivity contribution in [1.82, 2.24) is 10.3 Å². The van der Waals surface area contributed by atoms with E-state index in [9.17, 15) is 4.79 Å². The second-order valence-electron chi connectivity index (χ2n) is 4.43. The van der Waals surface area contributed by atoms with E-state index in [-0.39, 0.29) is 11.8 Å². The molecule has 3 N–H and O–H groups in total. The first kappa shape index (κ1) is 9.93. The van der Waals surface area contributed by atoms with E-state index in [2.05, 4.69) is 10.3 Å². The Morgan fingerprint density at radius 3 is 2.93 bits per heavy atom. The summed E-state index contributed by atoms with van der Waals surface area (Å²) >= 11 is 0. The summed E-state index contributed by atoms with van der Waals surface area (Å²) < 4.78 is 0. The first-order valence-corrected chi connectivity index (χ1v) is 5.56. The van der Waals surface area contributed by atoms with Crippen LogP contribution in [0.4, 0.5) is 0 Å². The molecule has 2 heterocycles. The summed E-state index contributed by atoms with van der Waals surface area (Å²) in [5.74, 6) is 5.28. The Morgan fingerprint density at radius 1 is 1.29 bits per heavy atom. The molecule has 0 radical (unpaired) electrons. The predicted octanol–water partition coefficient (Wildman–Crippen LogP) is 0.241. The molecule has 2 saturated heterocycles. The van der Waals surface area contributed by atoms with Gasteiger partial charge in [-0.1, -0.05) is 6.42 Å². The first-order chi connectivity index (χ1) is 6.81. The number of amides is 1. The van der Waals surface area contributed by atoms with Crippen molar-refractivity contribution in [2.24, 2.45) is 11.8 Å². The summed E-state index contributed by atoms with van der Waals surface area (Å²) in [5.41, 5.74) is 2.26. The number of hydrazine groups is 1. The van der Waals surface area contributed by atoms with Crippen LogP contribution in [0, 0.1) is 5.92 Å². The summed E-state index contributed by atoms with van der Waals surface area (Å²) in [5, 5.41) is 0. The quantitative estimate of drug-likeness (QED) is 0.360. The molecular formula is C10H19N3O. The molecule has 0 spiro atoms. The third kappa shape index (κ3) is 1.91. The summed E-state index contributed by atoms with van der Waals surface area (Å²) in [7, 11) is 0. The van der Waals surface area contributed by atoms with Crippen molar-refractivity contribution in [3.05, 3.63) is 0 Å². The zero-order valence-electron chi connectivity index (χ0n) is 8.54. The van der Waals surface area contributed by atoms with Crippen molar-refractivity contribution < 1.29 is 4.79 Å². The zero-order valence-corrected chi connectivity index (χ0v) is 8.54. The molecule has 2 aliphatic rings. The maximum atomic E-state index is 11.4. The number of hydrogen-bond donors (Lipinski definition) is 2. The molecule has 0 aromatic rings. The van der Waals surface area contributed by atoms with Crippen LogP contribution in [-0.2, 0) is 4.79 Å². The van der Waals surface area contributed by atoms with Crippen LogP contribution in [0.1, 0.15) is 32.1 Å². The summed E-state index contributed by atoms with van der Waals surface area (Å²) in [6.45, 7) is 2.08. The van der Waals surface area contributed by atoms with E-state index in [4.69, 9.17) is 5.84 Å². The highest BCUT2D eigenvalue weighted by atomic mass is 16.2. The molecule has 0 saturated carbocycles. The molecule has 2 fully saturated rings. The highest BCUT2D eigenvalue weighted by Gasteiger charge is 2.32. The van der Waals surface area contributed by atoms with Crippen LogP contribution in [-0.4, -0.2) is 29.9 Å². The second-order valence-corrected chi connectivity index (χ2v) is 4.43. The molecule has 0 unspecified atom stereocenters. The van der Waals surface area contributed by atoms with Gasteiger partial charge < -0.3 is 0 Å². The number of nitrogens with zero attached hydrogens (tertiary/aromatic N) is 1. The molecule has 4 heteroatoms. The van der Waals surface area contributed by atoms with Gasteiger partial charge in [0.15, 0.2) is 0 Å². The van der Waals surface area contributed by atoms with E-state index in [0.29, 0.717) is 0 Å². The van der Waals surface area contributed by atoms with Gasteiger partial charge in [-0.3, -0.25) is 15.1 Å². The zero-order chi connectivity index (χ0) is 9.97. The minimum Gasteiger partial charge on any atom is -0.300 e. The van der Waals surface area contributed by atoms with Gasteiger partial charge in [-0.05, 0) is 32.2 Å². The van der Waals surface area contributed by atoms with Crippen LogP contribution >= 0.6 is 0 Å². The Morgan fingerprint density at radius 2 is 2.14 bits per heavy atom. The van der Waals surface area contributed by atoms with Crippen LogP contribution in [0.2, 0.25) is 0 Å². The Labute approximate surface area is 84.8 Å². The van der Waals surface area contributed by atoms with E-state index in [1.807, 2.05) is 0 Å². The molecule has 0 aliphatic carbocycles. The monoisotopic (exact) mass is 197 g/mol. The number of nitrogens with two attached hydrogens (primary N) is 1. The fraction of sp³-hybridized carbons (Fsp3) is 0.900. The van der Waals surface area contributed by atoms with E-state index in [0.717, 1.165) is 25.4 Å². The van der Waals surface area contributed by atoms with Gasteiger partial charge in [0.05, 0.1) is 5.92 Å². The lowest BCUT2D eigenvalue weighted by Crippen LogP contribution is -2.50. The number of carbonyl (C=O) groups is 1. The number of hydrogen-bond acceptors (Lipinski definition) is 3. The van der Waals surface area contributed by atoms with Gasteiger partial charge in [-0.25, -0.2) is 5.84 Å². The lowest BCUT2D eigenvalue weighted by atomic mass is 9.87. The van der Waals surface area contributed by atoms with E-state index in [1.165, 1.54) is 25.8 Å². The van der Waals surface area contributed by atoms with Gasteiger partial charge in [0.25, 0.3) is 0 Å². The normalized spacial score (nSPS) is 33.5. The van der Waals surface area contributed by atoms with Crippen molar-refractivity contribution in [2.45, 2.75) is 38.1 Å². The van der Waals surface area contributed by atoms with Crippen LogP contribution in [0.25, 0.3) is 0 Å². The number of rotatable bonds is 1. The molecule has 2 atom stereocenters. The van der Waals surface area contributed by atoms with Crippen LogP contribution in [0.5, 0.6) is 0 Å². The van der Waals surface area contributed by atoms with Gasteiger partial charge in [0.2, 0.25) is 5.91 Å². The minimum absolute atomic E-state index is 0.00836. The highest BCUT2D eigenvalue weighted by molar-refractivity contribution is 5.78. The van der Waals surface area contributed by atoms with Crippen molar-refractivity contribution in [1.29, 1.82) is 0 Å². The molecule has 14 heavy (non-hydrogen) atoms.